The van der Waals surface area contributed by atoms with Gasteiger partial charge in [-0.15, -0.1) is 0 Å². The van der Waals surface area contributed by atoms with Crippen molar-refractivity contribution in [2.75, 3.05) is 12.4 Å². The number of rotatable bonds is 10. The van der Waals surface area contributed by atoms with E-state index in [1.165, 1.54) is 0 Å². The van der Waals surface area contributed by atoms with E-state index in [1.54, 1.807) is 70.0 Å². The predicted octanol–water partition coefficient (Wildman–Crippen LogP) is 5.95. The van der Waals surface area contributed by atoms with E-state index in [0.717, 1.165) is 5.56 Å². The molecule has 0 aromatic heterocycles. The topological polar surface area (TPSA) is 97.0 Å². The van der Waals surface area contributed by atoms with Gasteiger partial charge in [0.25, 0.3) is 5.91 Å². The van der Waals surface area contributed by atoms with E-state index in [2.05, 4.69) is 17.2 Å². The molecule has 2 atom stereocenters. The Balaban J connectivity index is 2.55. The molecular weight excluding hydrogens is 482 g/mol. The van der Waals surface area contributed by atoms with Gasteiger partial charge in [-0.3, -0.25) is 9.59 Å². The van der Waals surface area contributed by atoms with Gasteiger partial charge in [0.15, 0.2) is 0 Å². The standard InChI is InChI=1S/C30H41N3O5/c1-10-21-13-12-14-22(19-21)25(26(34)32-23-15-17-24(37-9)18-16-23)33(30(7,8)11-2)27(35)20(3)31-28(36)38-29(4,5)6/h10,12-20,25H,1,11H2,2-9H3,(H,31,36)(H,32,34). The molecule has 3 amide bonds. The summed E-state index contributed by atoms with van der Waals surface area (Å²) < 4.78 is 10.6. The van der Waals surface area contributed by atoms with Gasteiger partial charge in [0.1, 0.15) is 23.4 Å². The Labute approximate surface area is 226 Å². The zero-order valence-electron chi connectivity index (χ0n) is 23.8. The number of hydrogen-bond donors (Lipinski definition) is 2. The summed E-state index contributed by atoms with van der Waals surface area (Å²) in [5.74, 6) is -0.151. The zero-order valence-corrected chi connectivity index (χ0v) is 23.8. The number of hydrogen-bond acceptors (Lipinski definition) is 5. The SMILES string of the molecule is C=Cc1cccc(C(C(=O)Nc2ccc(OC)cc2)N(C(=O)C(C)NC(=O)OC(C)(C)C)C(C)(C)CC)c1. The molecule has 0 fully saturated rings. The van der Waals surface area contributed by atoms with Gasteiger partial charge < -0.3 is 25.0 Å². The van der Waals surface area contributed by atoms with Crippen molar-refractivity contribution >= 4 is 29.7 Å². The quantitative estimate of drug-likeness (QED) is 0.401. The molecule has 206 valence electrons. The normalized spacial score (nSPS) is 13.1. The Kier molecular flexibility index (Phi) is 10.1. The van der Waals surface area contributed by atoms with E-state index in [0.29, 0.717) is 23.4 Å². The van der Waals surface area contributed by atoms with Crippen LogP contribution in [0.1, 0.15) is 72.1 Å². The molecule has 0 radical (unpaired) electrons. The molecule has 8 nitrogen and oxygen atoms in total. The third kappa shape index (κ3) is 8.10. The van der Waals surface area contributed by atoms with Gasteiger partial charge in [-0.1, -0.05) is 37.8 Å². The lowest BCUT2D eigenvalue weighted by Crippen LogP contribution is -2.58. The van der Waals surface area contributed by atoms with Gasteiger partial charge in [0, 0.05) is 11.2 Å². The van der Waals surface area contributed by atoms with Crippen LogP contribution in [0.3, 0.4) is 0 Å². The first-order chi connectivity index (χ1) is 17.7. The molecule has 2 N–H and O–H groups in total. The Morgan fingerprint density at radius 1 is 1.05 bits per heavy atom. The second-order valence-electron chi connectivity index (χ2n) is 10.7. The van der Waals surface area contributed by atoms with Gasteiger partial charge in [-0.05, 0) is 89.4 Å². The van der Waals surface area contributed by atoms with Crippen LogP contribution in [-0.2, 0) is 14.3 Å². The smallest absolute Gasteiger partial charge is 0.408 e. The summed E-state index contributed by atoms with van der Waals surface area (Å²) in [4.78, 5) is 41.9. The van der Waals surface area contributed by atoms with Crippen LogP contribution in [-0.4, -0.2) is 47.1 Å². The van der Waals surface area contributed by atoms with Crippen molar-refractivity contribution in [2.45, 2.75) is 78.1 Å². The summed E-state index contributed by atoms with van der Waals surface area (Å²) in [6, 6.07) is 12.4. The first-order valence-corrected chi connectivity index (χ1v) is 12.7. The van der Waals surface area contributed by atoms with E-state index < -0.39 is 41.1 Å². The maximum atomic E-state index is 14.0. The van der Waals surface area contributed by atoms with Gasteiger partial charge in [-0.2, -0.15) is 0 Å². The summed E-state index contributed by atoms with van der Waals surface area (Å²) in [7, 11) is 1.57. The summed E-state index contributed by atoms with van der Waals surface area (Å²) in [5.41, 5.74) is 0.523. The molecule has 2 aromatic carbocycles. The van der Waals surface area contributed by atoms with Crippen LogP contribution < -0.4 is 15.4 Å². The van der Waals surface area contributed by atoms with Crippen molar-refractivity contribution in [1.82, 2.24) is 10.2 Å². The number of anilines is 1. The third-order valence-corrected chi connectivity index (χ3v) is 6.18. The average molecular weight is 524 g/mol. The Morgan fingerprint density at radius 3 is 2.21 bits per heavy atom. The molecule has 0 saturated heterocycles. The third-order valence-electron chi connectivity index (χ3n) is 6.18. The Hall–Kier alpha value is -3.81. The first kappa shape index (κ1) is 30.4. The number of alkyl carbamates (subject to hydrolysis) is 1. The number of nitrogens with zero attached hydrogens (tertiary/aromatic N) is 1. The molecule has 2 rings (SSSR count). The lowest BCUT2D eigenvalue weighted by molar-refractivity contribution is -0.147. The molecule has 8 heteroatoms. The highest BCUT2D eigenvalue weighted by atomic mass is 16.6. The highest BCUT2D eigenvalue weighted by Gasteiger charge is 2.42. The Bertz CT molecular complexity index is 1140. The van der Waals surface area contributed by atoms with Crippen molar-refractivity contribution in [1.29, 1.82) is 0 Å². The second-order valence-corrected chi connectivity index (χ2v) is 10.7. The second kappa shape index (κ2) is 12.6. The van der Waals surface area contributed by atoms with Crippen LogP contribution in [0.2, 0.25) is 0 Å². The van der Waals surface area contributed by atoms with E-state index >= 15 is 0 Å². The van der Waals surface area contributed by atoms with E-state index in [9.17, 15) is 14.4 Å². The van der Waals surface area contributed by atoms with E-state index in [-0.39, 0.29) is 0 Å². The number of ether oxygens (including phenoxy) is 2. The highest BCUT2D eigenvalue weighted by molar-refractivity contribution is 5.99. The minimum absolute atomic E-state index is 0.393. The van der Waals surface area contributed by atoms with Crippen molar-refractivity contribution in [2.24, 2.45) is 0 Å². The van der Waals surface area contributed by atoms with Crippen molar-refractivity contribution < 1.29 is 23.9 Å². The summed E-state index contributed by atoms with van der Waals surface area (Å²) in [5, 5.41) is 5.57. The molecule has 2 unspecified atom stereocenters. The van der Waals surface area contributed by atoms with Gasteiger partial charge >= 0.3 is 6.09 Å². The fourth-order valence-electron chi connectivity index (χ4n) is 3.86. The largest absolute Gasteiger partial charge is 0.497 e. The summed E-state index contributed by atoms with van der Waals surface area (Å²) >= 11 is 0. The van der Waals surface area contributed by atoms with Crippen LogP contribution >= 0.6 is 0 Å². The highest BCUT2D eigenvalue weighted by Crippen LogP contribution is 2.33. The van der Waals surface area contributed by atoms with Crippen LogP contribution in [0.4, 0.5) is 10.5 Å². The lowest BCUT2D eigenvalue weighted by atomic mass is 9.91. The maximum absolute atomic E-state index is 14.0. The van der Waals surface area contributed by atoms with Crippen LogP contribution in [0, 0.1) is 0 Å². The van der Waals surface area contributed by atoms with Crippen LogP contribution in [0.5, 0.6) is 5.75 Å². The average Bonchev–Trinajstić information content (AvgIpc) is 2.85. The molecule has 0 heterocycles. The van der Waals surface area contributed by atoms with E-state index in [1.807, 2.05) is 45.0 Å². The van der Waals surface area contributed by atoms with Crippen molar-refractivity contribution in [3.63, 3.8) is 0 Å². The summed E-state index contributed by atoms with van der Waals surface area (Å²) in [6.07, 6.45) is 1.54. The number of methoxy groups -OCH3 is 1. The molecule has 0 aliphatic carbocycles. The van der Waals surface area contributed by atoms with Crippen molar-refractivity contribution in [3.05, 3.63) is 66.2 Å². The molecule has 2 aromatic rings. The maximum Gasteiger partial charge on any atom is 0.408 e. The number of nitrogens with one attached hydrogen (secondary N) is 2. The Morgan fingerprint density at radius 2 is 1.68 bits per heavy atom. The summed E-state index contributed by atoms with van der Waals surface area (Å²) in [6.45, 7) is 16.4. The molecule has 0 bridgehead atoms. The van der Waals surface area contributed by atoms with E-state index in [4.69, 9.17) is 9.47 Å². The van der Waals surface area contributed by atoms with Gasteiger partial charge in [0.05, 0.1) is 7.11 Å². The molecule has 0 saturated carbocycles. The fourth-order valence-corrected chi connectivity index (χ4v) is 3.86. The van der Waals surface area contributed by atoms with Gasteiger partial charge in [0.2, 0.25) is 5.91 Å². The number of carbonyl (C=O) groups excluding carboxylic acids is 3. The first-order valence-electron chi connectivity index (χ1n) is 12.7. The lowest BCUT2D eigenvalue weighted by Gasteiger charge is -2.44. The number of carbonyl (C=O) groups is 3. The monoisotopic (exact) mass is 523 g/mol. The molecule has 0 spiro atoms. The molecule has 38 heavy (non-hydrogen) atoms. The molecule has 0 aliphatic heterocycles. The molecule has 0 aliphatic rings. The number of amides is 3. The fraction of sp³-hybridized carbons (Fsp3) is 0.433. The van der Waals surface area contributed by atoms with Crippen molar-refractivity contribution in [3.8, 4) is 5.75 Å². The van der Waals surface area contributed by atoms with Crippen LogP contribution in [0.25, 0.3) is 6.08 Å². The number of benzene rings is 2. The van der Waals surface area contributed by atoms with Gasteiger partial charge in [-0.25, -0.2) is 4.79 Å². The van der Waals surface area contributed by atoms with Crippen LogP contribution in [0.15, 0.2) is 55.1 Å². The zero-order chi connectivity index (χ0) is 28.7. The molecular formula is C30H41N3O5. The predicted molar refractivity (Wildman–Crippen MR) is 151 cm³/mol. The minimum Gasteiger partial charge on any atom is -0.497 e. The minimum atomic E-state index is -0.998.